The number of hydrogen-bond acceptors (Lipinski definition) is 5. The van der Waals surface area contributed by atoms with E-state index in [1.807, 2.05) is 0 Å². The summed E-state index contributed by atoms with van der Waals surface area (Å²) in [6.45, 7) is 0. The van der Waals surface area contributed by atoms with E-state index in [2.05, 4.69) is 15.5 Å². The van der Waals surface area contributed by atoms with Gasteiger partial charge in [-0.1, -0.05) is 29.5 Å². The first-order valence-corrected chi connectivity index (χ1v) is 7.88. The van der Waals surface area contributed by atoms with Crippen LogP contribution < -0.4 is 5.32 Å². The molecule has 6 heteroatoms. The van der Waals surface area contributed by atoms with Gasteiger partial charge in [0.2, 0.25) is 11.0 Å². The molecular formula is C11H15N3OS2. The highest BCUT2D eigenvalue weighted by atomic mass is 32.2. The lowest BCUT2D eigenvalue weighted by molar-refractivity contribution is -0.122. The largest absolute Gasteiger partial charge is 0.300 e. The summed E-state index contributed by atoms with van der Waals surface area (Å²) in [6, 6.07) is 0. The van der Waals surface area contributed by atoms with Gasteiger partial charge in [0.1, 0.15) is 0 Å². The van der Waals surface area contributed by atoms with Crippen molar-refractivity contribution in [1.82, 2.24) is 10.2 Å². The lowest BCUT2D eigenvalue weighted by atomic mass is 9.85. The van der Waals surface area contributed by atoms with Crippen LogP contribution in [0.2, 0.25) is 0 Å². The van der Waals surface area contributed by atoms with E-state index in [9.17, 15) is 4.79 Å². The average molecular weight is 269 g/mol. The Labute approximate surface area is 109 Å². The maximum absolute atomic E-state index is 11.7. The van der Waals surface area contributed by atoms with Crippen LogP contribution in [0.1, 0.15) is 32.1 Å². The van der Waals surface area contributed by atoms with E-state index >= 15 is 0 Å². The van der Waals surface area contributed by atoms with E-state index in [1.54, 1.807) is 11.8 Å². The molecule has 4 nitrogen and oxygen atoms in total. The molecule has 0 bridgehead atoms. The van der Waals surface area contributed by atoms with Gasteiger partial charge in [-0.25, -0.2) is 0 Å². The first kappa shape index (κ1) is 11.5. The van der Waals surface area contributed by atoms with E-state index < -0.39 is 0 Å². The van der Waals surface area contributed by atoms with Gasteiger partial charge in [-0.05, 0) is 31.6 Å². The van der Waals surface area contributed by atoms with Crippen molar-refractivity contribution in [2.45, 2.75) is 36.4 Å². The van der Waals surface area contributed by atoms with Crippen molar-refractivity contribution in [2.75, 3.05) is 11.1 Å². The minimum absolute atomic E-state index is 0.117. The van der Waals surface area contributed by atoms with E-state index in [0.29, 0.717) is 5.13 Å². The van der Waals surface area contributed by atoms with Crippen molar-refractivity contribution in [3.8, 4) is 0 Å². The lowest BCUT2D eigenvalue weighted by Gasteiger charge is -2.23. The number of thioether (sulfide) groups is 1. The normalized spacial score (nSPS) is 20.0. The molecule has 0 unspecified atom stereocenters. The predicted octanol–water partition coefficient (Wildman–Crippen LogP) is 2.78. The summed E-state index contributed by atoms with van der Waals surface area (Å²) in [5.74, 6) is 2.36. The maximum atomic E-state index is 11.7. The quantitative estimate of drug-likeness (QED) is 0.659. The standard InChI is InChI=1S/C11H15N3OS2/c15-9(8-2-1-3-8)12-10-13-14-11(17-10)16-6-7-4-5-7/h7-8H,1-6H2,(H,12,13,15). The third kappa shape index (κ3) is 2.98. The number of aromatic nitrogens is 2. The number of carbonyl (C=O) groups excluding carboxylic acids is 1. The van der Waals surface area contributed by atoms with E-state index in [1.165, 1.54) is 30.6 Å². The lowest BCUT2D eigenvalue weighted by Crippen LogP contribution is -2.27. The van der Waals surface area contributed by atoms with Crippen molar-refractivity contribution in [1.29, 1.82) is 0 Å². The molecule has 3 rings (SSSR count). The van der Waals surface area contributed by atoms with Crippen LogP contribution in [0.5, 0.6) is 0 Å². The highest BCUT2D eigenvalue weighted by molar-refractivity contribution is 8.01. The highest BCUT2D eigenvalue weighted by Gasteiger charge is 2.26. The molecule has 1 aromatic heterocycles. The fraction of sp³-hybridized carbons (Fsp3) is 0.727. The first-order chi connectivity index (χ1) is 8.31. The maximum Gasteiger partial charge on any atom is 0.229 e. The molecule has 92 valence electrons. The van der Waals surface area contributed by atoms with E-state index in [4.69, 9.17) is 0 Å². The second-order valence-electron chi connectivity index (χ2n) is 4.74. The summed E-state index contributed by atoms with van der Waals surface area (Å²) in [5.41, 5.74) is 0. The zero-order chi connectivity index (χ0) is 11.7. The van der Waals surface area contributed by atoms with Gasteiger partial charge < -0.3 is 5.32 Å². The van der Waals surface area contributed by atoms with Crippen molar-refractivity contribution in [3.63, 3.8) is 0 Å². The summed E-state index contributed by atoms with van der Waals surface area (Å²) < 4.78 is 0.973. The number of hydrogen-bond donors (Lipinski definition) is 1. The molecule has 0 atom stereocenters. The number of nitrogens with one attached hydrogen (secondary N) is 1. The second-order valence-corrected chi connectivity index (χ2v) is 6.99. The Morgan fingerprint density at radius 3 is 2.82 bits per heavy atom. The van der Waals surface area contributed by atoms with E-state index in [-0.39, 0.29) is 11.8 Å². The molecule has 1 amide bonds. The van der Waals surface area contributed by atoms with Gasteiger partial charge in [-0.15, -0.1) is 10.2 Å². The van der Waals surface area contributed by atoms with Crippen molar-refractivity contribution < 1.29 is 4.79 Å². The van der Waals surface area contributed by atoms with Gasteiger partial charge in [-0.2, -0.15) is 0 Å². The molecule has 1 N–H and O–H groups in total. The van der Waals surface area contributed by atoms with Crippen molar-refractivity contribution >= 4 is 34.1 Å². The predicted molar refractivity (Wildman–Crippen MR) is 69.3 cm³/mol. The van der Waals surface area contributed by atoms with Gasteiger partial charge in [0, 0.05) is 11.7 Å². The Balaban J connectivity index is 1.50. The fourth-order valence-electron chi connectivity index (χ4n) is 1.67. The minimum atomic E-state index is 0.117. The van der Waals surface area contributed by atoms with Crippen LogP contribution >= 0.6 is 23.1 Å². The van der Waals surface area contributed by atoms with Gasteiger partial charge in [0.15, 0.2) is 4.34 Å². The van der Waals surface area contributed by atoms with E-state index in [0.717, 1.165) is 28.9 Å². The summed E-state index contributed by atoms with van der Waals surface area (Å²) in [4.78, 5) is 11.7. The van der Waals surface area contributed by atoms with Gasteiger partial charge >= 0.3 is 0 Å². The van der Waals surface area contributed by atoms with Crippen molar-refractivity contribution in [2.24, 2.45) is 11.8 Å². The summed E-state index contributed by atoms with van der Waals surface area (Å²) >= 11 is 3.25. The first-order valence-electron chi connectivity index (χ1n) is 6.08. The minimum Gasteiger partial charge on any atom is -0.300 e. The molecule has 0 aliphatic heterocycles. The topological polar surface area (TPSA) is 54.9 Å². The molecule has 17 heavy (non-hydrogen) atoms. The van der Waals surface area contributed by atoms with Crippen LogP contribution in [0.3, 0.4) is 0 Å². The fourth-order valence-corrected chi connectivity index (χ4v) is 3.64. The van der Waals surface area contributed by atoms with Gasteiger partial charge in [-0.3, -0.25) is 4.79 Å². The molecule has 0 aromatic carbocycles. The van der Waals surface area contributed by atoms with Crippen molar-refractivity contribution in [3.05, 3.63) is 0 Å². The Bertz CT molecular complexity index is 413. The molecule has 0 spiro atoms. The Morgan fingerprint density at radius 2 is 2.18 bits per heavy atom. The monoisotopic (exact) mass is 269 g/mol. The Hall–Kier alpha value is -0.620. The molecule has 0 saturated heterocycles. The third-order valence-electron chi connectivity index (χ3n) is 3.25. The molecule has 2 aliphatic rings. The Morgan fingerprint density at radius 1 is 1.35 bits per heavy atom. The second kappa shape index (κ2) is 4.94. The molecule has 0 radical (unpaired) electrons. The van der Waals surface area contributed by atoms with Gasteiger partial charge in [0.25, 0.3) is 0 Å². The summed E-state index contributed by atoms with van der Waals surface area (Å²) in [5, 5.41) is 11.6. The SMILES string of the molecule is O=C(Nc1nnc(SCC2CC2)s1)C1CCC1. The average Bonchev–Trinajstić information content (AvgIpc) is 2.95. The molecule has 2 fully saturated rings. The number of anilines is 1. The number of rotatable bonds is 5. The summed E-state index contributed by atoms with van der Waals surface area (Å²) in [6.07, 6.45) is 5.94. The number of amides is 1. The van der Waals surface area contributed by atoms with Crippen LogP contribution in [-0.2, 0) is 4.79 Å². The zero-order valence-electron chi connectivity index (χ0n) is 9.52. The van der Waals surface area contributed by atoms with Gasteiger partial charge in [0.05, 0.1) is 0 Å². The van der Waals surface area contributed by atoms with Crippen LogP contribution in [0.15, 0.2) is 4.34 Å². The molecule has 1 heterocycles. The molecule has 1 aromatic rings. The highest BCUT2D eigenvalue weighted by Crippen LogP contribution is 2.36. The third-order valence-corrected chi connectivity index (χ3v) is 5.46. The number of nitrogens with zero attached hydrogens (tertiary/aromatic N) is 2. The Kier molecular flexibility index (Phi) is 3.33. The van der Waals surface area contributed by atoms with Crippen LogP contribution in [0.25, 0.3) is 0 Å². The number of carbonyl (C=O) groups is 1. The van der Waals surface area contributed by atoms with Crippen LogP contribution in [0.4, 0.5) is 5.13 Å². The molecule has 2 aliphatic carbocycles. The molecule has 2 saturated carbocycles. The zero-order valence-corrected chi connectivity index (χ0v) is 11.1. The molecular weight excluding hydrogens is 254 g/mol. The van der Waals surface area contributed by atoms with Crippen LogP contribution in [-0.4, -0.2) is 21.9 Å². The van der Waals surface area contributed by atoms with Crippen LogP contribution in [0, 0.1) is 11.8 Å². The smallest absolute Gasteiger partial charge is 0.229 e. The summed E-state index contributed by atoms with van der Waals surface area (Å²) in [7, 11) is 0.